The van der Waals surface area contributed by atoms with Gasteiger partial charge in [0.2, 0.25) is 5.91 Å². The second-order valence-electron chi connectivity index (χ2n) is 6.18. The molecule has 0 saturated heterocycles. The third kappa shape index (κ3) is 4.42. The molecule has 1 N–H and O–H groups in total. The fraction of sp³-hybridized carbons (Fsp3) is 0.0455. The lowest BCUT2D eigenvalue weighted by Crippen LogP contribution is -2.08. The van der Waals surface area contributed by atoms with Crippen LogP contribution < -0.4 is 10.1 Å². The van der Waals surface area contributed by atoms with E-state index in [1.165, 1.54) is 6.08 Å². The molecule has 6 heteroatoms. The van der Waals surface area contributed by atoms with Gasteiger partial charge in [0.25, 0.3) is 0 Å². The van der Waals surface area contributed by atoms with Crippen molar-refractivity contribution in [2.24, 2.45) is 0 Å². The summed E-state index contributed by atoms with van der Waals surface area (Å²) in [5.74, 6) is 0.535. The Morgan fingerprint density at radius 2 is 1.96 bits per heavy atom. The number of nitrogens with one attached hydrogen (secondary N) is 1. The molecule has 2 aromatic heterocycles. The number of rotatable bonds is 6. The van der Waals surface area contributed by atoms with Crippen molar-refractivity contribution >= 4 is 23.3 Å². The number of aromatic nitrogens is 3. The molecule has 6 nitrogen and oxygen atoms in total. The van der Waals surface area contributed by atoms with E-state index in [0.29, 0.717) is 12.3 Å². The van der Waals surface area contributed by atoms with Gasteiger partial charge in [-0.2, -0.15) is 0 Å². The molecule has 2 aromatic carbocycles. The molecule has 0 saturated carbocycles. The van der Waals surface area contributed by atoms with Crippen LogP contribution in [0.15, 0.2) is 85.3 Å². The molecular weight excluding hydrogens is 352 g/mol. The second-order valence-corrected chi connectivity index (χ2v) is 6.18. The summed E-state index contributed by atoms with van der Waals surface area (Å²) in [6, 6.07) is 21.2. The van der Waals surface area contributed by atoms with E-state index >= 15 is 0 Å². The molecule has 4 aromatic rings. The van der Waals surface area contributed by atoms with E-state index in [1.807, 2.05) is 54.6 Å². The molecule has 0 aliphatic heterocycles. The van der Waals surface area contributed by atoms with Crippen LogP contribution in [-0.4, -0.2) is 20.5 Å². The minimum atomic E-state index is -0.219. The number of ether oxygens (including phenoxy) is 1. The summed E-state index contributed by atoms with van der Waals surface area (Å²) in [6.07, 6.45) is 6.59. The fourth-order valence-electron chi connectivity index (χ4n) is 2.71. The molecule has 0 unspecified atom stereocenters. The second kappa shape index (κ2) is 8.18. The Balaban J connectivity index is 1.37. The monoisotopic (exact) mass is 370 g/mol. The predicted molar refractivity (Wildman–Crippen MR) is 108 cm³/mol. The van der Waals surface area contributed by atoms with Crippen LogP contribution in [0.3, 0.4) is 0 Å². The molecule has 2 heterocycles. The third-order valence-corrected chi connectivity index (χ3v) is 4.09. The maximum atomic E-state index is 12.2. The lowest BCUT2D eigenvalue weighted by Gasteiger charge is -2.07. The molecule has 0 fully saturated rings. The topological polar surface area (TPSA) is 68.5 Å². The standard InChI is InChI=1S/C22H18N4O2/c27-22(24-19-10-11-21-25-23-16-26(21)14-19)12-9-17-7-4-8-20(13-17)28-15-18-5-2-1-3-6-18/h1-14,16H,15H2,(H,24,27)/b12-9+. The Bertz CT molecular complexity index is 1120. The molecule has 0 radical (unpaired) electrons. The van der Waals surface area contributed by atoms with Crippen LogP contribution in [0.4, 0.5) is 5.69 Å². The van der Waals surface area contributed by atoms with E-state index in [2.05, 4.69) is 15.5 Å². The van der Waals surface area contributed by atoms with Gasteiger partial charge in [-0.15, -0.1) is 10.2 Å². The number of carbonyl (C=O) groups excluding carboxylic acids is 1. The summed E-state index contributed by atoms with van der Waals surface area (Å²) >= 11 is 0. The van der Waals surface area contributed by atoms with E-state index in [4.69, 9.17) is 4.74 Å². The summed E-state index contributed by atoms with van der Waals surface area (Å²) in [5.41, 5.74) is 3.38. The van der Waals surface area contributed by atoms with E-state index in [1.54, 1.807) is 35.1 Å². The third-order valence-electron chi connectivity index (χ3n) is 4.09. The first-order valence-electron chi connectivity index (χ1n) is 8.81. The zero-order valence-corrected chi connectivity index (χ0v) is 15.0. The van der Waals surface area contributed by atoms with Crippen molar-refractivity contribution in [2.45, 2.75) is 6.61 Å². The van der Waals surface area contributed by atoms with Crippen LogP contribution in [0.2, 0.25) is 0 Å². The first-order valence-corrected chi connectivity index (χ1v) is 8.81. The molecule has 1 amide bonds. The number of benzene rings is 2. The van der Waals surface area contributed by atoms with Crippen molar-refractivity contribution in [1.29, 1.82) is 0 Å². The number of anilines is 1. The lowest BCUT2D eigenvalue weighted by atomic mass is 10.2. The average molecular weight is 370 g/mol. The maximum absolute atomic E-state index is 12.2. The zero-order chi connectivity index (χ0) is 19.2. The van der Waals surface area contributed by atoms with Crippen LogP contribution >= 0.6 is 0 Å². The van der Waals surface area contributed by atoms with Crippen molar-refractivity contribution in [3.05, 3.63) is 96.5 Å². The van der Waals surface area contributed by atoms with Crippen LogP contribution in [0, 0.1) is 0 Å². The average Bonchev–Trinajstić information content (AvgIpc) is 3.20. The number of amides is 1. The number of nitrogens with zero attached hydrogens (tertiary/aromatic N) is 3. The Morgan fingerprint density at radius 3 is 2.86 bits per heavy atom. The Hall–Kier alpha value is -3.93. The Kier molecular flexibility index (Phi) is 5.11. The van der Waals surface area contributed by atoms with Gasteiger partial charge in [-0.05, 0) is 41.5 Å². The molecule has 4 rings (SSSR count). The highest BCUT2D eigenvalue weighted by molar-refractivity contribution is 6.01. The van der Waals surface area contributed by atoms with Gasteiger partial charge in [-0.25, -0.2) is 0 Å². The molecule has 0 aliphatic rings. The normalized spacial score (nSPS) is 11.0. The largest absolute Gasteiger partial charge is 0.489 e. The van der Waals surface area contributed by atoms with Crippen LogP contribution in [0.1, 0.15) is 11.1 Å². The highest BCUT2D eigenvalue weighted by Crippen LogP contribution is 2.16. The smallest absolute Gasteiger partial charge is 0.248 e. The van der Waals surface area contributed by atoms with Crippen molar-refractivity contribution in [2.75, 3.05) is 5.32 Å². The summed E-state index contributed by atoms with van der Waals surface area (Å²) < 4.78 is 7.56. The SMILES string of the molecule is O=C(/C=C/c1cccc(OCc2ccccc2)c1)Nc1ccc2nncn2c1. The van der Waals surface area contributed by atoms with Gasteiger partial charge >= 0.3 is 0 Å². The molecule has 0 atom stereocenters. The number of carbonyl (C=O) groups is 1. The van der Waals surface area contributed by atoms with Crippen molar-refractivity contribution < 1.29 is 9.53 Å². The fourth-order valence-corrected chi connectivity index (χ4v) is 2.71. The summed E-state index contributed by atoms with van der Waals surface area (Å²) in [4.78, 5) is 12.2. The maximum Gasteiger partial charge on any atom is 0.248 e. The van der Waals surface area contributed by atoms with Gasteiger partial charge in [0, 0.05) is 12.3 Å². The first-order chi connectivity index (χ1) is 13.8. The van der Waals surface area contributed by atoms with Gasteiger partial charge < -0.3 is 10.1 Å². The zero-order valence-electron chi connectivity index (χ0n) is 15.0. The summed E-state index contributed by atoms with van der Waals surface area (Å²) in [6.45, 7) is 0.500. The van der Waals surface area contributed by atoms with Crippen LogP contribution in [-0.2, 0) is 11.4 Å². The van der Waals surface area contributed by atoms with E-state index < -0.39 is 0 Å². The number of hydrogen-bond acceptors (Lipinski definition) is 4. The Morgan fingerprint density at radius 1 is 1.07 bits per heavy atom. The number of fused-ring (bicyclic) bond motifs is 1. The highest BCUT2D eigenvalue weighted by Gasteiger charge is 2.01. The minimum absolute atomic E-state index is 0.219. The first kappa shape index (κ1) is 17.5. The van der Waals surface area contributed by atoms with Crippen molar-refractivity contribution in [3.8, 4) is 5.75 Å². The van der Waals surface area contributed by atoms with Crippen molar-refractivity contribution in [1.82, 2.24) is 14.6 Å². The quantitative estimate of drug-likeness (QED) is 0.522. The predicted octanol–water partition coefficient (Wildman–Crippen LogP) is 3.96. The van der Waals surface area contributed by atoms with Gasteiger partial charge in [-0.1, -0.05) is 42.5 Å². The molecule has 0 bridgehead atoms. The number of hydrogen-bond donors (Lipinski definition) is 1. The molecular formula is C22H18N4O2. The molecule has 138 valence electrons. The van der Waals surface area contributed by atoms with E-state index in [0.717, 1.165) is 22.5 Å². The number of pyridine rings is 1. The van der Waals surface area contributed by atoms with Crippen LogP contribution in [0.25, 0.3) is 11.7 Å². The molecule has 28 heavy (non-hydrogen) atoms. The van der Waals surface area contributed by atoms with Crippen LogP contribution in [0.5, 0.6) is 5.75 Å². The van der Waals surface area contributed by atoms with Gasteiger partial charge in [0.05, 0.1) is 5.69 Å². The highest BCUT2D eigenvalue weighted by atomic mass is 16.5. The summed E-state index contributed by atoms with van der Waals surface area (Å²) in [7, 11) is 0. The lowest BCUT2D eigenvalue weighted by molar-refractivity contribution is -0.111. The molecule has 0 spiro atoms. The van der Waals surface area contributed by atoms with E-state index in [9.17, 15) is 4.79 Å². The van der Waals surface area contributed by atoms with Gasteiger partial charge in [0.15, 0.2) is 5.65 Å². The van der Waals surface area contributed by atoms with Gasteiger partial charge in [-0.3, -0.25) is 9.20 Å². The summed E-state index contributed by atoms with van der Waals surface area (Å²) in [5, 5.41) is 10.6. The van der Waals surface area contributed by atoms with E-state index in [-0.39, 0.29) is 5.91 Å². The minimum Gasteiger partial charge on any atom is -0.489 e. The molecule has 0 aliphatic carbocycles. The van der Waals surface area contributed by atoms with Crippen molar-refractivity contribution in [3.63, 3.8) is 0 Å². The Labute approximate surface area is 162 Å². The van der Waals surface area contributed by atoms with Gasteiger partial charge in [0.1, 0.15) is 18.7 Å².